The molecule has 0 aliphatic rings. The summed E-state index contributed by atoms with van der Waals surface area (Å²) in [6.07, 6.45) is 2.73. The molecule has 0 spiro atoms. The summed E-state index contributed by atoms with van der Waals surface area (Å²) in [5, 5.41) is 0.517. The van der Waals surface area contributed by atoms with Crippen molar-refractivity contribution in [1.82, 2.24) is 0 Å². The molecule has 128 valence electrons. The number of aliphatic imine (C=N–C) groups is 1. The summed E-state index contributed by atoms with van der Waals surface area (Å²) in [6.45, 7) is 6.09. The Morgan fingerprint density at radius 1 is 1.29 bits per heavy atom. The quantitative estimate of drug-likeness (QED) is 0.520. The van der Waals surface area contributed by atoms with Gasteiger partial charge in [-0.1, -0.05) is 34.5 Å². The lowest BCUT2D eigenvalue weighted by molar-refractivity contribution is 0.208. The molecule has 1 atom stereocenters. The van der Waals surface area contributed by atoms with Crippen LogP contribution in [0.1, 0.15) is 31.4 Å². The lowest BCUT2D eigenvalue weighted by Crippen LogP contribution is -2.11. The summed E-state index contributed by atoms with van der Waals surface area (Å²) >= 11 is 9.86. The number of halogens is 2. The van der Waals surface area contributed by atoms with E-state index in [0.29, 0.717) is 16.5 Å². The molecule has 2 aromatic carbocycles. The summed E-state index contributed by atoms with van der Waals surface area (Å²) in [7, 11) is 1.61. The minimum atomic E-state index is 0.0710. The second-order valence-electron chi connectivity index (χ2n) is 5.56. The van der Waals surface area contributed by atoms with E-state index in [1.165, 1.54) is 0 Å². The van der Waals surface area contributed by atoms with Crippen LogP contribution in [-0.2, 0) is 0 Å². The Hall–Kier alpha value is -1.52. The van der Waals surface area contributed by atoms with Crippen molar-refractivity contribution in [2.45, 2.75) is 33.3 Å². The fraction of sp³-hybridized carbons (Fsp3) is 0.316. The zero-order valence-electron chi connectivity index (χ0n) is 14.3. The molecule has 0 bridgehead atoms. The highest BCUT2D eigenvalue weighted by molar-refractivity contribution is 9.10. The van der Waals surface area contributed by atoms with Crippen LogP contribution in [0.4, 0.5) is 5.69 Å². The van der Waals surface area contributed by atoms with Crippen LogP contribution < -0.4 is 9.47 Å². The number of hydrogen-bond donors (Lipinski definition) is 0. The third-order valence-electron chi connectivity index (χ3n) is 3.65. The Morgan fingerprint density at radius 2 is 2.04 bits per heavy atom. The third-order valence-corrected chi connectivity index (χ3v) is 4.82. The molecule has 0 amide bonds. The predicted molar refractivity (Wildman–Crippen MR) is 105 cm³/mol. The minimum Gasteiger partial charge on any atom is -0.493 e. The molecule has 0 saturated heterocycles. The van der Waals surface area contributed by atoms with Gasteiger partial charge >= 0.3 is 0 Å². The van der Waals surface area contributed by atoms with Crippen LogP contribution in [0.15, 0.2) is 39.8 Å². The molecule has 0 unspecified atom stereocenters. The topological polar surface area (TPSA) is 30.8 Å². The molecule has 0 saturated carbocycles. The summed E-state index contributed by atoms with van der Waals surface area (Å²) in [6, 6.07) is 9.65. The van der Waals surface area contributed by atoms with Gasteiger partial charge < -0.3 is 9.47 Å². The highest BCUT2D eigenvalue weighted by Crippen LogP contribution is 2.37. The number of ether oxygens (including phenoxy) is 2. The Balaban J connectivity index is 2.29. The molecule has 3 nitrogen and oxygen atoms in total. The summed E-state index contributed by atoms with van der Waals surface area (Å²) < 4.78 is 12.3. The van der Waals surface area contributed by atoms with Crippen molar-refractivity contribution >= 4 is 39.4 Å². The second-order valence-corrected chi connectivity index (χ2v) is 6.82. The van der Waals surface area contributed by atoms with Crippen LogP contribution in [0.3, 0.4) is 0 Å². The Morgan fingerprint density at radius 3 is 2.67 bits per heavy atom. The molecular weight excluding hydrogens is 390 g/mol. The molecular formula is C19H21BrClNO2. The maximum Gasteiger partial charge on any atom is 0.180 e. The van der Waals surface area contributed by atoms with Crippen molar-refractivity contribution in [3.8, 4) is 11.5 Å². The zero-order chi connectivity index (χ0) is 17.7. The molecule has 0 aliphatic heterocycles. The molecule has 0 N–H and O–H groups in total. The van der Waals surface area contributed by atoms with Gasteiger partial charge in [-0.05, 0) is 61.7 Å². The van der Waals surface area contributed by atoms with Crippen LogP contribution >= 0.6 is 27.5 Å². The maximum atomic E-state index is 6.37. The number of rotatable bonds is 6. The highest BCUT2D eigenvalue weighted by Gasteiger charge is 2.14. The molecule has 0 fully saturated rings. The molecule has 2 rings (SSSR count). The smallest absolute Gasteiger partial charge is 0.180 e. The normalized spacial score (nSPS) is 12.4. The lowest BCUT2D eigenvalue weighted by Gasteiger charge is -2.17. The van der Waals surface area contributed by atoms with Crippen LogP contribution in [0, 0.1) is 6.92 Å². The van der Waals surface area contributed by atoms with Gasteiger partial charge in [0, 0.05) is 10.7 Å². The van der Waals surface area contributed by atoms with Gasteiger partial charge in [0.1, 0.15) is 0 Å². The van der Waals surface area contributed by atoms with E-state index in [-0.39, 0.29) is 6.10 Å². The summed E-state index contributed by atoms with van der Waals surface area (Å²) in [5.74, 6) is 1.18. The molecule has 5 heteroatoms. The standard InChI is InChI=1S/C19H21BrClNO2/c1-5-13(3)24-19-17(21)9-14(10-18(19)23-4)11-22-15-6-7-16(20)12(2)8-15/h6-11,13H,5H2,1-4H3/t13-/m1/s1. The molecule has 0 aliphatic carbocycles. The van der Waals surface area contributed by atoms with E-state index in [1.54, 1.807) is 13.3 Å². The maximum absolute atomic E-state index is 6.37. The van der Waals surface area contributed by atoms with Crippen molar-refractivity contribution in [2.24, 2.45) is 4.99 Å². The van der Waals surface area contributed by atoms with Gasteiger partial charge in [-0.2, -0.15) is 0 Å². The van der Waals surface area contributed by atoms with E-state index < -0.39 is 0 Å². The van der Waals surface area contributed by atoms with E-state index in [9.17, 15) is 0 Å². The number of methoxy groups -OCH3 is 1. The number of nitrogens with zero attached hydrogens (tertiary/aromatic N) is 1. The Kier molecular flexibility index (Phi) is 6.69. The van der Waals surface area contributed by atoms with E-state index >= 15 is 0 Å². The molecule has 0 aromatic heterocycles. The van der Waals surface area contributed by atoms with Gasteiger partial charge in [-0.3, -0.25) is 4.99 Å². The molecule has 2 aromatic rings. The van der Waals surface area contributed by atoms with Gasteiger partial charge in [0.2, 0.25) is 0 Å². The van der Waals surface area contributed by atoms with E-state index in [0.717, 1.165) is 27.7 Å². The van der Waals surface area contributed by atoms with Crippen molar-refractivity contribution in [3.05, 3.63) is 51.0 Å². The Labute approximate surface area is 156 Å². The van der Waals surface area contributed by atoms with E-state index in [2.05, 4.69) is 27.8 Å². The van der Waals surface area contributed by atoms with Gasteiger partial charge in [0.25, 0.3) is 0 Å². The molecule has 0 radical (unpaired) electrons. The average Bonchev–Trinajstić information content (AvgIpc) is 2.57. The first-order valence-electron chi connectivity index (χ1n) is 7.79. The number of hydrogen-bond acceptors (Lipinski definition) is 3. The minimum absolute atomic E-state index is 0.0710. The van der Waals surface area contributed by atoms with E-state index in [4.69, 9.17) is 21.1 Å². The van der Waals surface area contributed by atoms with E-state index in [1.807, 2.05) is 44.2 Å². The van der Waals surface area contributed by atoms with Crippen LogP contribution in [0.2, 0.25) is 5.02 Å². The molecule has 24 heavy (non-hydrogen) atoms. The average molecular weight is 411 g/mol. The monoisotopic (exact) mass is 409 g/mol. The molecule has 0 heterocycles. The SMILES string of the molecule is CC[C@@H](C)Oc1c(Cl)cc(C=Nc2ccc(Br)c(C)c2)cc1OC. The van der Waals surface area contributed by atoms with Gasteiger partial charge in [-0.15, -0.1) is 0 Å². The van der Waals surface area contributed by atoms with Crippen molar-refractivity contribution < 1.29 is 9.47 Å². The van der Waals surface area contributed by atoms with Gasteiger partial charge in [0.15, 0.2) is 11.5 Å². The largest absolute Gasteiger partial charge is 0.493 e. The van der Waals surface area contributed by atoms with Crippen molar-refractivity contribution in [2.75, 3.05) is 7.11 Å². The predicted octanol–water partition coefficient (Wildman–Crippen LogP) is 6.35. The zero-order valence-corrected chi connectivity index (χ0v) is 16.6. The van der Waals surface area contributed by atoms with Crippen LogP contribution in [0.25, 0.3) is 0 Å². The van der Waals surface area contributed by atoms with Crippen molar-refractivity contribution in [3.63, 3.8) is 0 Å². The number of benzene rings is 2. The lowest BCUT2D eigenvalue weighted by atomic mass is 10.2. The fourth-order valence-corrected chi connectivity index (χ4v) is 2.58. The van der Waals surface area contributed by atoms with Crippen LogP contribution in [-0.4, -0.2) is 19.4 Å². The fourth-order valence-electron chi connectivity index (χ4n) is 2.07. The first-order chi connectivity index (χ1) is 11.4. The highest BCUT2D eigenvalue weighted by atomic mass is 79.9. The van der Waals surface area contributed by atoms with Crippen LogP contribution in [0.5, 0.6) is 11.5 Å². The number of aryl methyl sites for hydroxylation is 1. The first-order valence-corrected chi connectivity index (χ1v) is 8.96. The second kappa shape index (κ2) is 8.54. The van der Waals surface area contributed by atoms with Gasteiger partial charge in [0.05, 0.1) is 23.9 Å². The van der Waals surface area contributed by atoms with Crippen molar-refractivity contribution in [1.29, 1.82) is 0 Å². The summed E-state index contributed by atoms with van der Waals surface area (Å²) in [4.78, 5) is 4.50. The van der Waals surface area contributed by atoms with Gasteiger partial charge in [-0.25, -0.2) is 0 Å². The summed E-state index contributed by atoms with van der Waals surface area (Å²) in [5.41, 5.74) is 2.87. The third kappa shape index (κ3) is 4.74. The first kappa shape index (κ1) is 18.8. The Bertz CT molecular complexity index is 746.